The van der Waals surface area contributed by atoms with E-state index in [4.69, 9.17) is 17.2 Å². The number of nitrogens with two attached hydrogens (primary N) is 3. The summed E-state index contributed by atoms with van der Waals surface area (Å²) < 4.78 is 0. The van der Waals surface area contributed by atoms with Gasteiger partial charge in [0.1, 0.15) is 0 Å². The van der Waals surface area contributed by atoms with Crippen LogP contribution in [0.2, 0.25) is 0 Å². The molecule has 11 heavy (non-hydrogen) atoms. The monoisotopic (exact) mass is 159 g/mol. The molecule has 0 radical (unpaired) electrons. The molecule has 0 spiro atoms. The van der Waals surface area contributed by atoms with Crippen LogP contribution in [-0.4, -0.2) is 18.5 Å². The molecule has 0 aliphatic heterocycles. The second-order valence-electron chi connectivity index (χ2n) is 2.65. The predicted molar refractivity (Wildman–Crippen MR) is 44.7 cm³/mol. The van der Waals surface area contributed by atoms with Crippen LogP contribution in [-0.2, 0) is 4.79 Å². The summed E-state index contributed by atoms with van der Waals surface area (Å²) in [5.74, 6) is -0.419. The Morgan fingerprint density at radius 2 is 1.91 bits per heavy atom. The van der Waals surface area contributed by atoms with E-state index < -0.39 is 11.9 Å². The molecule has 0 saturated carbocycles. The van der Waals surface area contributed by atoms with Crippen LogP contribution in [0, 0.1) is 0 Å². The second kappa shape index (κ2) is 6.12. The van der Waals surface area contributed by atoms with Gasteiger partial charge in [-0.2, -0.15) is 0 Å². The van der Waals surface area contributed by atoms with Crippen LogP contribution in [0.25, 0.3) is 0 Å². The lowest BCUT2D eigenvalue weighted by Gasteiger charge is -2.05. The van der Waals surface area contributed by atoms with E-state index in [1.54, 1.807) is 0 Å². The fourth-order valence-electron chi connectivity index (χ4n) is 0.828. The molecule has 4 nitrogen and oxygen atoms in total. The Hall–Kier alpha value is -0.610. The molecule has 0 rings (SSSR count). The van der Waals surface area contributed by atoms with E-state index in [0.29, 0.717) is 13.0 Å². The quantitative estimate of drug-likeness (QED) is 0.448. The van der Waals surface area contributed by atoms with Crippen molar-refractivity contribution < 1.29 is 4.79 Å². The standard InChI is InChI=1S/C7H17N3O/c8-5-3-1-2-4-6(9)7(10)11/h6H,1-5,8-9H2,(H2,10,11). The van der Waals surface area contributed by atoms with E-state index >= 15 is 0 Å². The van der Waals surface area contributed by atoms with Gasteiger partial charge in [0.05, 0.1) is 6.04 Å². The van der Waals surface area contributed by atoms with Crippen LogP contribution in [0.3, 0.4) is 0 Å². The molecule has 0 bridgehead atoms. The summed E-state index contributed by atoms with van der Waals surface area (Å²) in [6.45, 7) is 0.700. The largest absolute Gasteiger partial charge is 0.368 e. The second-order valence-corrected chi connectivity index (χ2v) is 2.65. The van der Waals surface area contributed by atoms with Crippen LogP contribution in [0.4, 0.5) is 0 Å². The van der Waals surface area contributed by atoms with E-state index in [2.05, 4.69) is 0 Å². The molecule has 0 aliphatic rings. The Balaban J connectivity index is 3.17. The summed E-state index contributed by atoms with van der Waals surface area (Å²) in [6.07, 6.45) is 3.62. The van der Waals surface area contributed by atoms with Crippen LogP contribution >= 0.6 is 0 Å². The van der Waals surface area contributed by atoms with Crippen molar-refractivity contribution in [3.63, 3.8) is 0 Å². The van der Waals surface area contributed by atoms with Gasteiger partial charge in [0.25, 0.3) is 0 Å². The highest BCUT2D eigenvalue weighted by molar-refractivity contribution is 5.79. The van der Waals surface area contributed by atoms with Gasteiger partial charge < -0.3 is 17.2 Å². The van der Waals surface area contributed by atoms with Gasteiger partial charge in [-0.1, -0.05) is 12.8 Å². The lowest BCUT2D eigenvalue weighted by molar-refractivity contribution is -0.119. The average molecular weight is 159 g/mol. The summed E-state index contributed by atoms with van der Waals surface area (Å²) >= 11 is 0. The number of amides is 1. The first-order valence-electron chi connectivity index (χ1n) is 3.93. The van der Waals surface area contributed by atoms with Gasteiger partial charge >= 0.3 is 0 Å². The van der Waals surface area contributed by atoms with E-state index in [9.17, 15) is 4.79 Å². The molecule has 66 valence electrons. The fourth-order valence-corrected chi connectivity index (χ4v) is 0.828. The molecule has 0 aromatic carbocycles. The molecule has 0 aromatic rings. The van der Waals surface area contributed by atoms with E-state index in [0.717, 1.165) is 19.3 Å². The Bertz CT molecular complexity index is 116. The minimum atomic E-state index is -0.479. The van der Waals surface area contributed by atoms with Gasteiger partial charge in [0, 0.05) is 0 Å². The van der Waals surface area contributed by atoms with Crippen LogP contribution < -0.4 is 17.2 Å². The molecule has 0 saturated heterocycles. The summed E-state index contributed by atoms with van der Waals surface area (Å²) in [4.78, 5) is 10.4. The summed E-state index contributed by atoms with van der Waals surface area (Å²) in [5, 5.41) is 0. The molecule has 1 amide bonds. The van der Waals surface area contributed by atoms with Crippen molar-refractivity contribution in [3.8, 4) is 0 Å². The minimum Gasteiger partial charge on any atom is -0.368 e. The maximum Gasteiger partial charge on any atom is 0.234 e. The van der Waals surface area contributed by atoms with E-state index in [1.165, 1.54) is 0 Å². The van der Waals surface area contributed by atoms with E-state index in [1.807, 2.05) is 0 Å². The summed E-state index contributed by atoms with van der Waals surface area (Å²) in [6, 6.07) is -0.479. The minimum absolute atomic E-state index is 0.419. The zero-order valence-corrected chi connectivity index (χ0v) is 6.75. The van der Waals surface area contributed by atoms with E-state index in [-0.39, 0.29) is 0 Å². The molecule has 6 N–H and O–H groups in total. The van der Waals surface area contributed by atoms with Crippen molar-refractivity contribution in [2.45, 2.75) is 31.7 Å². The average Bonchev–Trinajstić information content (AvgIpc) is 1.97. The highest BCUT2D eigenvalue weighted by Gasteiger charge is 2.06. The number of hydrogen-bond donors (Lipinski definition) is 3. The number of hydrogen-bond acceptors (Lipinski definition) is 3. The molecule has 1 atom stereocenters. The third kappa shape index (κ3) is 5.82. The van der Waals surface area contributed by atoms with Gasteiger partial charge in [-0.3, -0.25) is 4.79 Å². The van der Waals surface area contributed by atoms with Gasteiger partial charge in [0.2, 0.25) is 5.91 Å². The van der Waals surface area contributed by atoms with Gasteiger partial charge in [-0.15, -0.1) is 0 Å². The predicted octanol–water partition coefficient (Wildman–Crippen LogP) is -0.682. The SMILES string of the molecule is NCCCCCC(N)C(N)=O. The van der Waals surface area contributed by atoms with Crippen molar-refractivity contribution in [1.82, 2.24) is 0 Å². The van der Waals surface area contributed by atoms with Gasteiger partial charge in [-0.25, -0.2) is 0 Å². The van der Waals surface area contributed by atoms with Crippen molar-refractivity contribution >= 4 is 5.91 Å². The lowest BCUT2D eigenvalue weighted by Crippen LogP contribution is -2.36. The normalized spacial score (nSPS) is 12.9. The summed E-state index contributed by atoms with van der Waals surface area (Å²) in [5.41, 5.74) is 15.6. The molecule has 0 heterocycles. The first-order chi connectivity index (χ1) is 5.18. The molecule has 0 aliphatic carbocycles. The Morgan fingerprint density at radius 3 is 2.36 bits per heavy atom. The van der Waals surface area contributed by atoms with Crippen molar-refractivity contribution in [3.05, 3.63) is 0 Å². The van der Waals surface area contributed by atoms with Gasteiger partial charge in [0.15, 0.2) is 0 Å². The Labute approximate surface area is 67.1 Å². The molecular formula is C7H17N3O. The Kier molecular flexibility index (Phi) is 5.78. The first kappa shape index (κ1) is 10.4. The van der Waals surface area contributed by atoms with Gasteiger partial charge in [-0.05, 0) is 19.4 Å². The zero-order chi connectivity index (χ0) is 8.69. The number of carbonyl (C=O) groups excluding carboxylic acids is 1. The van der Waals surface area contributed by atoms with Crippen LogP contribution in [0.5, 0.6) is 0 Å². The third-order valence-corrected chi connectivity index (χ3v) is 1.58. The highest BCUT2D eigenvalue weighted by Crippen LogP contribution is 2.00. The van der Waals surface area contributed by atoms with Crippen molar-refractivity contribution in [2.75, 3.05) is 6.54 Å². The highest BCUT2D eigenvalue weighted by atomic mass is 16.1. The summed E-state index contributed by atoms with van der Waals surface area (Å²) in [7, 11) is 0. The maximum absolute atomic E-state index is 10.4. The molecular weight excluding hydrogens is 142 g/mol. The molecule has 4 heteroatoms. The zero-order valence-electron chi connectivity index (χ0n) is 6.75. The lowest BCUT2D eigenvalue weighted by atomic mass is 10.1. The fraction of sp³-hybridized carbons (Fsp3) is 0.857. The first-order valence-corrected chi connectivity index (χ1v) is 3.93. The number of primary amides is 1. The third-order valence-electron chi connectivity index (χ3n) is 1.58. The van der Waals surface area contributed by atoms with Crippen LogP contribution in [0.15, 0.2) is 0 Å². The Morgan fingerprint density at radius 1 is 1.27 bits per heavy atom. The topological polar surface area (TPSA) is 95.1 Å². The smallest absolute Gasteiger partial charge is 0.234 e. The van der Waals surface area contributed by atoms with Crippen molar-refractivity contribution in [1.29, 1.82) is 0 Å². The number of rotatable bonds is 6. The number of carbonyl (C=O) groups is 1. The van der Waals surface area contributed by atoms with Crippen LogP contribution in [0.1, 0.15) is 25.7 Å². The maximum atomic E-state index is 10.4. The molecule has 0 fully saturated rings. The number of unbranched alkanes of at least 4 members (excludes halogenated alkanes) is 2. The van der Waals surface area contributed by atoms with Crippen molar-refractivity contribution in [2.24, 2.45) is 17.2 Å². The molecule has 1 unspecified atom stereocenters. The molecule has 0 aromatic heterocycles.